The molecule has 0 N–H and O–H groups in total. The lowest BCUT2D eigenvalue weighted by atomic mass is 10.1. The van der Waals surface area contributed by atoms with Crippen molar-refractivity contribution in [3.05, 3.63) is 70.9 Å². The molecule has 0 atom stereocenters. The minimum atomic E-state index is -0.827. The van der Waals surface area contributed by atoms with Gasteiger partial charge in [-0.25, -0.2) is 18.7 Å². The molecule has 4 nitrogen and oxygen atoms in total. The monoisotopic (exact) mass is 340 g/mol. The number of halogens is 2. The van der Waals surface area contributed by atoms with E-state index in [2.05, 4.69) is 15.1 Å². The highest BCUT2D eigenvalue weighted by Crippen LogP contribution is 2.38. The van der Waals surface area contributed by atoms with E-state index in [1.807, 2.05) is 19.1 Å². The molecule has 128 valence electrons. The molecule has 2 aromatic heterocycles. The Morgan fingerprint density at radius 1 is 1.08 bits per heavy atom. The SMILES string of the molecule is Cc1ccnc(-n2nc(C3CC3)nc2CCc2ccc(F)c(F)c2)c1. The van der Waals surface area contributed by atoms with Crippen molar-refractivity contribution in [2.75, 3.05) is 0 Å². The van der Waals surface area contributed by atoms with Gasteiger partial charge < -0.3 is 0 Å². The third kappa shape index (κ3) is 3.43. The van der Waals surface area contributed by atoms with Crippen molar-refractivity contribution in [2.45, 2.75) is 38.5 Å². The third-order valence-electron chi connectivity index (χ3n) is 4.37. The van der Waals surface area contributed by atoms with Crippen molar-refractivity contribution in [3.63, 3.8) is 0 Å². The molecule has 2 heterocycles. The quantitative estimate of drug-likeness (QED) is 0.707. The average molecular weight is 340 g/mol. The molecule has 0 radical (unpaired) electrons. The van der Waals surface area contributed by atoms with Crippen LogP contribution in [0.1, 0.15) is 41.5 Å². The third-order valence-corrected chi connectivity index (χ3v) is 4.37. The molecule has 0 saturated heterocycles. The van der Waals surface area contributed by atoms with E-state index in [0.717, 1.165) is 47.5 Å². The molecule has 1 saturated carbocycles. The van der Waals surface area contributed by atoms with Crippen molar-refractivity contribution in [1.82, 2.24) is 19.7 Å². The Bertz CT molecular complexity index is 916. The molecule has 4 rings (SSSR count). The van der Waals surface area contributed by atoms with Crippen molar-refractivity contribution in [1.29, 1.82) is 0 Å². The Hall–Kier alpha value is -2.63. The summed E-state index contributed by atoms with van der Waals surface area (Å²) in [6.07, 6.45) is 5.14. The Labute approximate surface area is 144 Å². The second-order valence-electron chi connectivity index (χ2n) is 6.51. The Morgan fingerprint density at radius 3 is 2.64 bits per heavy atom. The van der Waals surface area contributed by atoms with Crippen molar-refractivity contribution in [2.24, 2.45) is 0 Å². The highest BCUT2D eigenvalue weighted by atomic mass is 19.2. The van der Waals surface area contributed by atoms with Crippen LogP contribution in [0.15, 0.2) is 36.5 Å². The maximum atomic E-state index is 13.4. The maximum absolute atomic E-state index is 13.4. The molecule has 25 heavy (non-hydrogen) atoms. The van der Waals surface area contributed by atoms with Crippen molar-refractivity contribution < 1.29 is 8.78 Å². The summed E-state index contributed by atoms with van der Waals surface area (Å²) >= 11 is 0. The summed E-state index contributed by atoms with van der Waals surface area (Å²) < 4.78 is 28.2. The molecule has 0 spiro atoms. The molecule has 0 amide bonds. The summed E-state index contributed by atoms with van der Waals surface area (Å²) in [6, 6.07) is 7.90. The minimum absolute atomic E-state index is 0.438. The van der Waals surface area contributed by atoms with E-state index >= 15 is 0 Å². The predicted octanol–water partition coefficient (Wildman–Crippen LogP) is 3.91. The second kappa shape index (κ2) is 6.35. The fourth-order valence-electron chi connectivity index (χ4n) is 2.81. The van der Waals surface area contributed by atoms with E-state index < -0.39 is 11.6 Å². The van der Waals surface area contributed by atoms with Crippen molar-refractivity contribution in [3.8, 4) is 5.82 Å². The number of nitrogens with zero attached hydrogens (tertiary/aromatic N) is 4. The minimum Gasteiger partial charge on any atom is -0.237 e. The van der Waals surface area contributed by atoms with E-state index in [1.54, 1.807) is 16.9 Å². The van der Waals surface area contributed by atoms with Crippen molar-refractivity contribution >= 4 is 0 Å². The van der Waals surface area contributed by atoms with Gasteiger partial charge in [0.2, 0.25) is 0 Å². The number of benzene rings is 1. The van der Waals surface area contributed by atoms with Gasteiger partial charge >= 0.3 is 0 Å². The van der Waals surface area contributed by atoms with Crippen LogP contribution in [-0.2, 0) is 12.8 Å². The zero-order valence-corrected chi connectivity index (χ0v) is 13.9. The summed E-state index contributed by atoms with van der Waals surface area (Å²) in [5.74, 6) is 1.17. The molecular formula is C19H18F2N4. The highest BCUT2D eigenvalue weighted by molar-refractivity contribution is 5.28. The van der Waals surface area contributed by atoms with Crippen LogP contribution < -0.4 is 0 Å². The van der Waals surface area contributed by atoms with Gasteiger partial charge in [-0.3, -0.25) is 0 Å². The first kappa shape index (κ1) is 15.9. The molecule has 6 heteroatoms. The molecule has 0 unspecified atom stereocenters. The van der Waals surface area contributed by atoms with Gasteiger partial charge in [0.25, 0.3) is 0 Å². The van der Waals surface area contributed by atoms with Crippen LogP contribution in [0.4, 0.5) is 8.78 Å². The second-order valence-corrected chi connectivity index (χ2v) is 6.51. The smallest absolute Gasteiger partial charge is 0.159 e. The van der Waals surface area contributed by atoms with Crippen LogP contribution >= 0.6 is 0 Å². The highest BCUT2D eigenvalue weighted by Gasteiger charge is 2.29. The van der Waals surface area contributed by atoms with Gasteiger partial charge in [-0.15, -0.1) is 5.10 Å². The molecule has 1 aliphatic rings. The van der Waals surface area contributed by atoms with Crippen LogP contribution in [0.5, 0.6) is 0 Å². The first-order valence-electron chi connectivity index (χ1n) is 8.43. The molecule has 0 bridgehead atoms. The first-order valence-corrected chi connectivity index (χ1v) is 8.43. The fourth-order valence-corrected chi connectivity index (χ4v) is 2.81. The summed E-state index contributed by atoms with van der Waals surface area (Å²) in [5, 5.41) is 4.64. The summed E-state index contributed by atoms with van der Waals surface area (Å²) in [7, 11) is 0. The Kier molecular flexibility index (Phi) is 4.03. The lowest BCUT2D eigenvalue weighted by Gasteiger charge is -2.06. The Morgan fingerprint density at radius 2 is 1.92 bits per heavy atom. The number of aromatic nitrogens is 4. The lowest BCUT2D eigenvalue weighted by molar-refractivity contribution is 0.507. The van der Waals surface area contributed by atoms with Gasteiger partial charge in [-0.05, 0) is 61.6 Å². The van der Waals surface area contributed by atoms with Crippen LogP contribution in [0.3, 0.4) is 0 Å². The van der Waals surface area contributed by atoms with E-state index in [-0.39, 0.29) is 0 Å². The van der Waals surface area contributed by atoms with Crippen LogP contribution in [0, 0.1) is 18.6 Å². The molecule has 1 fully saturated rings. The van der Waals surface area contributed by atoms with Gasteiger partial charge in [0.1, 0.15) is 5.82 Å². The fraction of sp³-hybridized carbons (Fsp3) is 0.316. The molecular weight excluding hydrogens is 322 g/mol. The standard InChI is InChI=1S/C19H18F2N4/c1-12-8-9-22-18(10-12)25-17(23-19(24-25)14-4-5-14)7-3-13-2-6-15(20)16(21)11-13/h2,6,8-11,14H,3-5,7H2,1H3. The van der Waals surface area contributed by atoms with Gasteiger partial charge in [-0.2, -0.15) is 4.68 Å². The van der Waals surface area contributed by atoms with Gasteiger partial charge in [0, 0.05) is 18.5 Å². The molecule has 1 aromatic carbocycles. The molecule has 3 aromatic rings. The number of pyridine rings is 1. The summed E-state index contributed by atoms with van der Waals surface area (Å²) in [5.41, 5.74) is 1.83. The van der Waals surface area contributed by atoms with E-state index in [9.17, 15) is 8.78 Å². The van der Waals surface area contributed by atoms with Gasteiger partial charge in [0.15, 0.2) is 23.3 Å². The zero-order valence-electron chi connectivity index (χ0n) is 13.9. The normalized spacial score (nSPS) is 14.0. The average Bonchev–Trinajstić information content (AvgIpc) is 3.36. The summed E-state index contributed by atoms with van der Waals surface area (Å²) in [6.45, 7) is 2.00. The number of rotatable bonds is 5. The zero-order chi connectivity index (χ0) is 17.4. The van der Waals surface area contributed by atoms with Crippen LogP contribution in [0.2, 0.25) is 0 Å². The number of aryl methyl sites for hydroxylation is 3. The molecule has 1 aliphatic carbocycles. The largest absolute Gasteiger partial charge is 0.237 e. The van der Waals surface area contributed by atoms with Gasteiger partial charge in [0.05, 0.1) is 0 Å². The predicted molar refractivity (Wildman–Crippen MR) is 89.6 cm³/mol. The summed E-state index contributed by atoms with van der Waals surface area (Å²) in [4.78, 5) is 9.07. The first-order chi connectivity index (χ1) is 12.1. The van der Waals surface area contributed by atoms with Gasteiger partial charge in [-0.1, -0.05) is 6.07 Å². The Balaban J connectivity index is 1.62. The van der Waals surface area contributed by atoms with Crippen LogP contribution in [-0.4, -0.2) is 19.7 Å². The topological polar surface area (TPSA) is 43.6 Å². The lowest BCUT2D eigenvalue weighted by Crippen LogP contribution is -2.07. The van der Waals surface area contributed by atoms with E-state index in [4.69, 9.17) is 0 Å². The maximum Gasteiger partial charge on any atom is 0.159 e. The number of hydrogen-bond acceptors (Lipinski definition) is 3. The van der Waals surface area contributed by atoms with E-state index in [0.29, 0.717) is 18.8 Å². The number of hydrogen-bond donors (Lipinski definition) is 0. The molecule has 0 aliphatic heterocycles. The van der Waals surface area contributed by atoms with Crippen LogP contribution in [0.25, 0.3) is 5.82 Å². The van der Waals surface area contributed by atoms with E-state index in [1.165, 1.54) is 6.07 Å².